The van der Waals surface area contributed by atoms with E-state index < -0.39 is 27.6 Å². The molecule has 0 aliphatic heterocycles. The highest BCUT2D eigenvalue weighted by molar-refractivity contribution is 6.67. The summed E-state index contributed by atoms with van der Waals surface area (Å²) in [6.07, 6.45) is -2.24. The second kappa shape index (κ2) is 10.3. The zero-order valence-electron chi connectivity index (χ0n) is 15.5. The van der Waals surface area contributed by atoms with Crippen molar-refractivity contribution in [2.24, 2.45) is 0 Å². The van der Waals surface area contributed by atoms with Crippen molar-refractivity contribution < 1.29 is 32.2 Å². The van der Waals surface area contributed by atoms with Gasteiger partial charge in [-0.1, -0.05) is 34.8 Å². The number of hydrogen-bond donors (Lipinski definition) is 0. The van der Waals surface area contributed by atoms with E-state index in [1.54, 1.807) is 31.2 Å². The molecule has 2 rings (SSSR count). The van der Waals surface area contributed by atoms with Gasteiger partial charge < -0.3 is 14.2 Å². The molecule has 0 saturated heterocycles. The quantitative estimate of drug-likeness (QED) is 0.249. The van der Waals surface area contributed by atoms with Gasteiger partial charge in [0.25, 0.3) is 0 Å². The fourth-order valence-electron chi connectivity index (χ4n) is 2.10. The van der Waals surface area contributed by atoms with Crippen molar-refractivity contribution in [1.29, 1.82) is 0 Å². The first kappa shape index (κ1) is 24.2. The van der Waals surface area contributed by atoms with Crippen molar-refractivity contribution in [3.63, 3.8) is 0 Å². The highest BCUT2D eigenvalue weighted by Crippen LogP contribution is 2.31. The van der Waals surface area contributed by atoms with Crippen LogP contribution in [0, 0.1) is 0 Å². The Hall–Kier alpha value is -2.09. The van der Waals surface area contributed by atoms with E-state index in [1.165, 1.54) is 18.2 Å². The predicted molar refractivity (Wildman–Crippen MR) is 108 cm³/mol. The lowest BCUT2D eigenvalue weighted by Crippen LogP contribution is -2.16. The molecule has 0 amide bonds. The minimum atomic E-state index is -4.40. The smallest absolute Gasteiger partial charge is 0.416 e. The maximum absolute atomic E-state index is 12.6. The van der Waals surface area contributed by atoms with Gasteiger partial charge in [0.15, 0.2) is 0 Å². The lowest BCUT2D eigenvalue weighted by Gasteiger charge is -2.13. The van der Waals surface area contributed by atoms with Crippen molar-refractivity contribution in [3.8, 4) is 17.2 Å². The summed E-state index contributed by atoms with van der Waals surface area (Å²) < 4.78 is 51.9. The zero-order valence-corrected chi connectivity index (χ0v) is 17.7. The average Bonchev–Trinajstić information content (AvgIpc) is 2.65. The number of hydrogen-bond acceptors (Lipinski definition) is 4. The zero-order chi connectivity index (χ0) is 22.4. The molecule has 1 atom stereocenters. The van der Waals surface area contributed by atoms with Crippen LogP contribution in [-0.4, -0.2) is 22.5 Å². The molecule has 0 aromatic heterocycles. The minimum Gasteiger partial charge on any atom is -0.487 e. The number of carbonyl (C=O) groups is 1. The van der Waals surface area contributed by atoms with E-state index in [0.717, 1.165) is 18.2 Å². The molecule has 0 N–H and O–H groups in total. The molecule has 0 aliphatic carbocycles. The average molecular weight is 484 g/mol. The Kier molecular flexibility index (Phi) is 8.29. The van der Waals surface area contributed by atoms with Crippen LogP contribution in [0.15, 0.2) is 60.7 Å². The number of esters is 1. The van der Waals surface area contributed by atoms with E-state index in [9.17, 15) is 18.0 Å². The van der Waals surface area contributed by atoms with E-state index in [1.807, 2.05) is 0 Å². The number of alkyl halides is 6. The molecular weight excluding hydrogens is 468 g/mol. The predicted octanol–water partition coefficient (Wildman–Crippen LogP) is 6.73. The lowest BCUT2D eigenvalue weighted by atomic mass is 10.2. The summed E-state index contributed by atoms with van der Waals surface area (Å²) in [6, 6.07) is 10.8. The van der Waals surface area contributed by atoms with Gasteiger partial charge in [0.05, 0.1) is 5.56 Å². The molecule has 0 heterocycles. The van der Waals surface area contributed by atoms with Crippen LogP contribution in [0.3, 0.4) is 0 Å². The van der Waals surface area contributed by atoms with Crippen LogP contribution in [0.25, 0.3) is 0 Å². The third-order valence-electron chi connectivity index (χ3n) is 3.44. The van der Waals surface area contributed by atoms with Crippen LogP contribution in [-0.2, 0) is 15.7 Å². The second-order valence-electron chi connectivity index (χ2n) is 6.00. The molecule has 162 valence electrons. The molecule has 0 radical (unpaired) electrons. The third kappa shape index (κ3) is 8.73. The van der Waals surface area contributed by atoms with Gasteiger partial charge in [-0.2, -0.15) is 13.2 Å². The van der Waals surface area contributed by atoms with E-state index >= 15 is 0 Å². The Balaban J connectivity index is 1.86. The molecule has 10 heteroatoms. The lowest BCUT2D eigenvalue weighted by molar-refractivity contribution is -0.138. The normalized spacial score (nSPS) is 13.2. The molecule has 2 aromatic carbocycles. The highest BCUT2D eigenvalue weighted by atomic mass is 35.6. The number of benzene rings is 2. The van der Waals surface area contributed by atoms with Crippen LogP contribution in [0.2, 0.25) is 0 Å². The summed E-state index contributed by atoms with van der Waals surface area (Å²) in [5.74, 6) is 0.487. The van der Waals surface area contributed by atoms with E-state index in [-0.39, 0.29) is 12.4 Å². The fourth-order valence-corrected chi connectivity index (χ4v) is 2.27. The van der Waals surface area contributed by atoms with Crippen LogP contribution in [0.5, 0.6) is 17.2 Å². The molecule has 0 spiro atoms. The van der Waals surface area contributed by atoms with Crippen LogP contribution in [0.4, 0.5) is 13.2 Å². The van der Waals surface area contributed by atoms with Gasteiger partial charge in [-0.25, -0.2) is 4.79 Å². The summed E-state index contributed by atoms with van der Waals surface area (Å²) in [5.41, 5.74) is -0.753. The molecule has 2 aromatic rings. The largest absolute Gasteiger partial charge is 0.487 e. The first-order chi connectivity index (χ1) is 13.9. The van der Waals surface area contributed by atoms with Crippen LogP contribution >= 0.6 is 34.8 Å². The molecule has 4 nitrogen and oxygen atoms in total. The standard InChI is InChI=1S/C20H16Cl3F3O4/c1-13(2-11-18(27)28-12-19(21,22)23)29-15-7-9-17(10-8-15)30-16-5-3-14(4-6-16)20(24,25)26/h2-11,13H,12H2,1H3/b11-2+. The molecule has 0 saturated carbocycles. The minimum absolute atomic E-state index is 0.265. The first-order valence-electron chi connectivity index (χ1n) is 8.46. The molecular formula is C20H16Cl3F3O4. The third-order valence-corrected chi connectivity index (χ3v) is 3.77. The summed E-state index contributed by atoms with van der Waals surface area (Å²) >= 11 is 16.5. The Bertz CT molecular complexity index is 861. The molecule has 1 unspecified atom stereocenters. The number of carbonyl (C=O) groups excluding carboxylic acids is 1. The SMILES string of the molecule is CC(/C=C/C(=O)OCC(Cl)(Cl)Cl)Oc1ccc(Oc2ccc(C(F)(F)F)cc2)cc1. The van der Waals surface area contributed by atoms with Gasteiger partial charge in [0, 0.05) is 6.08 Å². The van der Waals surface area contributed by atoms with Gasteiger partial charge in [-0.15, -0.1) is 0 Å². The molecule has 0 bridgehead atoms. The summed E-state index contributed by atoms with van der Waals surface area (Å²) in [5, 5.41) is 0. The number of rotatable bonds is 7. The van der Waals surface area contributed by atoms with Gasteiger partial charge in [-0.3, -0.25) is 0 Å². The highest BCUT2D eigenvalue weighted by Gasteiger charge is 2.30. The Morgan fingerprint density at radius 2 is 1.47 bits per heavy atom. The van der Waals surface area contributed by atoms with Gasteiger partial charge in [-0.05, 0) is 61.5 Å². The Morgan fingerprint density at radius 3 is 1.97 bits per heavy atom. The van der Waals surface area contributed by atoms with E-state index in [0.29, 0.717) is 11.5 Å². The van der Waals surface area contributed by atoms with Gasteiger partial charge in [0.2, 0.25) is 3.79 Å². The number of halogens is 6. The molecule has 0 fully saturated rings. The Labute approximate surface area is 186 Å². The van der Waals surface area contributed by atoms with Gasteiger partial charge >= 0.3 is 12.1 Å². The van der Waals surface area contributed by atoms with E-state index in [4.69, 9.17) is 49.0 Å². The van der Waals surface area contributed by atoms with Crippen LogP contribution in [0.1, 0.15) is 12.5 Å². The van der Waals surface area contributed by atoms with Crippen molar-refractivity contribution in [2.45, 2.75) is 23.0 Å². The van der Waals surface area contributed by atoms with Gasteiger partial charge in [0.1, 0.15) is 30.0 Å². The summed E-state index contributed by atoms with van der Waals surface area (Å²) in [7, 11) is 0. The van der Waals surface area contributed by atoms with Crippen molar-refractivity contribution in [2.75, 3.05) is 6.61 Å². The summed E-state index contributed by atoms with van der Waals surface area (Å²) in [4.78, 5) is 11.5. The molecule has 0 aliphatic rings. The first-order valence-corrected chi connectivity index (χ1v) is 9.59. The van der Waals surface area contributed by atoms with Crippen LogP contribution < -0.4 is 9.47 Å². The molecule has 30 heavy (non-hydrogen) atoms. The Morgan fingerprint density at radius 1 is 0.967 bits per heavy atom. The maximum Gasteiger partial charge on any atom is 0.416 e. The second-order valence-corrected chi connectivity index (χ2v) is 8.52. The number of ether oxygens (including phenoxy) is 3. The summed E-state index contributed by atoms with van der Waals surface area (Å²) in [6.45, 7) is 1.32. The van der Waals surface area contributed by atoms with E-state index in [2.05, 4.69) is 0 Å². The van der Waals surface area contributed by atoms with Crippen molar-refractivity contribution in [3.05, 3.63) is 66.2 Å². The fraction of sp³-hybridized carbons (Fsp3) is 0.250. The van der Waals surface area contributed by atoms with Crippen molar-refractivity contribution >= 4 is 40.8 Å². The topological polar surface area (TPSA) is 44.8 Å². The maximum atomic E-state index is 12.6. The monoisotopic (exact) mass is 482 g/mol. The van der Waals surface area contributed by atoms with Crippen molar-refractivity contribution in [1.82, 2.24) is 0 Å².